The van der Waals surface area contributed by atoms with Crippen LogP contribution in [0, 0.1) is 0 Å². The number of aliphatic imine (C=N–C) groups is 1. The van der Waals surface area contributed by atoms with Crippen LogP contribution in [0.4, 0.5) is 5.69 Å². The number of nitrogens with zero attached hydrogens (tertiary/aromatic N) is 1. The Kier molecular flexibility index (Phi) is 3.46. The number of nitrogens with two attached hydrogens (primary N) is 1. The maximum atomic E-state index is 5.64. The topological polar surface area (TPSA) is 38.4 Å². The Morgan fingerprint density at radius 1 is 1.19 bits per heavy atom. The molecule has 0 aliphatic rings. The van der Waals surface area contributed by atoms with Gasteiger partial charge in [-0.2, -0.15) is 0 Å². The Hall–Kier alpha value is -1.06. The molecule has 0 saturated carbocycles. The molecule has 0 aliphatic heterocycles. The molecule has 0 fully saturated rings. The van der Waals surface area contributed by atoms with E-state index >= 15 is 0 Å². The molecule has 4 heteroatoms. The van der Waals surface area contributed by atoms with E-state index < -0.39 is 0 Å². The molecular weight excluding hydrogens is 288 g/mol. The van der Waals surface area contributed by atoms with Crippen molar-refractivity contribution in [3.8, 4) is 0 Å². The van der Waals surface area contributed by atoms with Gasteiger partial charge in [-0.15, -0.1) is 11.6 Å². The van der Waals surface area contributed by atoms with Crippen LogP contribution in [0.15, 0.2) is 45.9 Å². The van der Waals surface area contributed by atoms with Crippen molar-refractivity contribution in [2.75, 3.05) is 5.88 Å². The Morgan fingerprint density at radius 3 is 2.56 bits per heavy atom. The van der Waals surface area contributed by atoms with Crippen LogP contribution in [0.1, 0.15) is 0 Å². The molecule has 2 rings (SSSR count). The van der Waals surface area contributed by atoms with E-state index in [9.17, 15) is 0 Å². The number of fused-ring (bicyclic) bond motifs is 1. The van der Waals surface area contributed by atoms with Crippen molar-refractivity contribution in [3.63, 3.8) is 0 Å². The summed E-state index contributed by atoms with van der Waals surface area (Å²) in [6.45, 7) is 0. The van der Waals surface area contributed by atoms with Crippen LogP contribution in [0.25, 0.3) is 10.8 Å². The first-order valence-electron chi connectivity index (χ1n) is 4.78. The minimum Gasteiger partial charge on any atom is -0.386 e. The molecule has 2 nitrogen and oxygen atoms in total. The van der Waals surface area contributed by atoms with Crippen LogP contribution in [-0.4, -0.2) is 11.7 Å². The molecule has 0 saturated heterocycles. The Labute approximate surface area is 107 Å². The number of hydrogen-bond donors (Lipinski definition) is 1. The van der Waals surface area contributed by atoms with Crippen molar-refractivity contribution in [2.45, 2.75) is 0 Å². The third kappa shape index (κ3) is 2.20. The second-order valence-corrected chi connectivity index (χ2v) is 4.47. The van der Waals surface area contributed by atoms with Crippen LogP contribution in [0.2, 0.25) is 0 Å². The van der Waals surface area contributed by atoms with Gasteiger partial charge >= 0.3 is 0 Å². The van der Waals surface area contributed by atoms with Crippen molar-refractivity contribution in [1.82, 2.24) is 0 Å². The average Bonchev–Trinajstić information content (AvgIpc) is 2.33. The number of benzene rings is 2. The molecule has 0 spiro atoms. The lowest BCUT2D eigenvalue weighted by atomic mass is 10.1. The summed E-state index contributed by atoms with van der Waals surface area (Å²) in [4.78, 5) is 4.29. The van der Waals surface area contributed by atoms with Crippen LogP contribution in [0.3, 0.4) is 0 Å². The number of alkyl halides is 1. The second-order valence-electron chi connectivity index (χ2n) is 3.35. The highest BCUT2D eigenvalue weighted by atomic mass is 79.9. The van der Waals surface area contributed by atoms with E-state index in [1.807, 2.05) is 36.4 Å². The van der Waals surface area contributed by atoms with Crippen molar-refractivity contribution < 1.29 is 0 Å². The molecule has 0 amide bonds. The zero-order chi connectivity index (χ0) is 11.5. The highest BCUT2D eigenvalue weighted by molar-refractivity contribution is 9.10. The fourth-order valence-corrected chi connectivity index (χ4v) is 2.07. The quantitative estimate of drug-likeness (QED) is 0.511. The van der Waals surface area contributed by atoms with Gasteiger partial charge in [0.2, 0.25) is 0 Å². The lowest BCUT2D eigenvalue weighted by Gasteiger charge is -2.04. The normalized spacial score (nSPS) is 12.0. The van der Waals surface area contributed by atoms with Crippen LogP contribution < -0.4 is 5.73 Å². The maximum absolute atomic E-state index is 5.64. The van der Waals surface area contributed by atoms with Crippen molar-refractivity contribution in [1.29, 1.82) is 0 Å². The molecule has 0 heterocycles. The SMILES string of the molecule is NC(CCl)=Nc1ccc(Br)c2ccccc12. The summed E-state index contributed by atoms with van der Waals surface area (Å²) in [6, 6.07) is 11.9. The van der Waals surface area contributed by atoms with Gasteiger partial charge in [-0.1, -0.05) is 40.2 Å². The number of hydrogen-bond acceptors (Lipinski definition) is 1. The summed E-state index contributed by atoms with van der Waals surface area (Å²) in [5.74, 6) is 0.666. The van der Waals surface area contributed by atoms with Gasteiger partial charge in [-0.25, -0.2) is 4.99 Å². The van der Waals surface area contributed by atoms with E-state index in [1.165, 1.54) is 0 Å². The van der Waals surface area contributed by atoms with Crippen molar-refractivity contribution >= 4 is 49.8 Å². The van der Waals surface area contributed by atoms with Gasteiger partial charge in [0, 0.05) is 9.86 Å². The average molecular weight is 298 g/mol. The van der Waals surface area contributed by atoms with Gasteiger partial charge in [0.05, 0.1) is 11.6 Å². The smallest absolute Gasteiger partial charge is 0.115 e. The predicted molar refractivity (Wildman–Crippen MR) is 73.7 cm³/mol. The standard InChI is InChI=1S/C12H10BrClN2/c13-10-5-6-11(16-12(15)7-14)9-4-2-1-3-8(9)10/h1-6H,7H2,(H2,15,16). The number of halogens is 2. The van der Waals surface area contributed by atoms with E-state index in [-0.39, 0.29) is 5.88 Å². The Bertz CT molecular complexity index is 552. The molecule has 0 unspecified atom stereocenters. The first-order valence-corrected chi connectivity index (χ1v) is 6.11. The fraction of sp³-hybridized carbons (Fsp3) is 0.0833. The molecule has 16 heavy (non-hydrogen) atoms. The zero-order valence-electron chi connectivity index (χ0n) is 8.45. The van der Waals surface area contributed by atoms with E-state index in [1.54, 1.807) is 0 Å². The van der Waals surface area contributed by atoms with Crippen molar-refractivity contribution in [2.24, 2.45) is 10.7 Å². The monoisotopic (exact) mass is 296 g/mol. The van der Waals surface area contributed by atoms with Gasteiger partial charge in [0.1, 0.15) is 5.84 Å². The predicted octanol–water partition coefficient (Wildman–Crippen LogP) is 3.83. The van der Waals surface area contributed by atoms with E-state index in [2.05, 4.69) is 20.9 Å². The Balaban J connectivity index is 2.68. The third-order valence-electron chi connectivity index (χ3n) is 2.25. The lowest BCUT2D eigenvalue weighted by Crippen LogP contribution is -2.12. The van der Waals surface area contributed by atoms with Crippen LogP contribution in [-0.2, 0) is 0 Å². The van der Waals surface area contributed by atoms with Gasteiger partial charge in [-0.3, -0.25) is 0 Å². The van der Waals surface area contributed by atoms with Gasteiger partial charge in [0.15, 0.2) is 0 Å². The summed E-state index contributed by atoms with van der Waals surface area (Å²) in [7, 11) is 0. The van der Waals surface area contributed by atoms with E-state index in [0.717, 1.165) is 20.9 Å². The zero-order valence-corrected chi connectivity index (χ0v) is 10.8. The third-order valence-corrected chi connectivity index (χ3v) is 3.21. The van der Waals surface area contributed by atoms with Gasteiger partial charge < -0.3 is 5.73 Å². The maximum Gasteiger partial charge on any atom is 0.115 e. The van der Waals surface area contributed by atoms with Crippen LogP contribution in [0.5, 0.6) is 0 Å². The van der Waals surface area contributed by atoms with Gasteiger partial charge in [-0.05, 0) is 17.5 Å². The Morgan fingerprint density at radius 2 is 1.88 bits per heavy atom. The largest absolute Gasteiger partial charge is 0.386 e. The molecule has 2 aromatic rings. The summed E-state index contributed by atoms with van der Waals surface area (Å²) >= 11 is 9.13. The lowest BCUT2D eigenvalue weighted by molar-refractivity contribution is 1.47. The first-order chi connectivity index (χ1) is 7.72. The molecule has 0 aliphatic carbocycles. The fourth-order valence-electron chi connectivity index (χ4n) is 1.53. The first kappa shape index (κ1) is 11.4. The van der Waals surface area contributed by atoms with Crippen LogP contribution >= 0.6 is 27.5 Å². The molecule has 82 valence electrons. The molecule has 2 aromatic carbocycles. The summed E-state index contributed by atoms with van der Waals surface area (Å²) < 4.78 is 1.05. The molecule has 0 aromatic heterocycles. The highest BCUT2D eigenvalue weighted by Crippen LogP contribution is 2.31. The molecule has 0 radical (unpaired) electrons. The van der Waals surface area contributed by atoms with E-state index in [4.69, 9.17) is 17.3 Å². The minimum atomic E-state index is 0.240. The van der Waals surface area contributed by atoms with Gasteiger partial charge in [0.25, 0.3) is 0 Å². The summed E-state index contributed by atoms with van der Waals surface area (Å²) in [5.41, 5.74) is 6.48. The summed E-state index contributed by atoms with van der Waals surface area (Å²) in [6.07, 6.45) is 0. The minimum absolute atomic E-state index is 0.240. The second kappa shape index (κ2) is 4.85. The van der Waals surface area contributed by atoms with Crippen molar-refractivity contribution in [3.05, 3.63) is 40.9 Å². The molecule has 0 bridgehead atoms. The molecule has 2 N–H and O–H groups in total. The molecule has 0 atom stereocenters. The highest BCUT2D eigenvalue weighted by Gasteiger charge is 2.03. The molecular formula is C12H10BrClN2. The number of rotatable bonds is 2. The number of amidine groups is 1. The van der Waals surface area contributed by atoms with E-state index in [0.29, 0.717) is 5.84 Å². The summed E-state index contributed by atoms with van der Waals surface area (Å²) in [5, 5.41) is 2.18.